The van der Waals surface area contributed by atoms with Crippen molar-refractivity contribution in [2.24, 2.45) is 0 Å². The molecular formula is C23H27N3O3S. The number of fused-ring (bicyclic) bond motifs is 1. The molecule has 0 fully saturated rings. The fourth-order valence-electron chi connectivity index (χ4n) is 3.00. The van der Waals surface area contributed by atoms with E-state index in [0.29, 0.717) is 30.2 Å². The van der Waals surface area contributed by atoms with E-state index in [-0.39, 0.29) is 11.8 Å². The lowest BCUT2D eigenvalue weighted by molar-refractivity contribution is -0.118. The van der Waals surface area contributed by atoms with E-state index in [4.69, 9.17) is 9.47 Å². The van der Waals surface area contributed by atoms with E-state index < -0.39 is 0 Å². The third-order valence-corrected chi connectivity index (χ3v) is 5.62. The topological polar surface area (TPSA) is 73.3 Å². The number of aromatic nitrogens is 2. The van der Waals surface area contributed by atoms with Gasteiger partial charge in [-0.2, -0.15) is 0 Å². The second-order valence-corrected chi connectivity index (χ2v) is 8.10. The van der Waals surface area contributed by atoms with Gasteiger partial charge in [-0.25, -0.2) is 9.97 Å². The summed E-state index contributed by atoms with van der Waals surface area (Å²) in [6.45, 7) is 4.69. The summed E-state index contributed by atoms with van der Waals surface area (Å²) in [5.41, 5.74) is 1.98. The van der Waals surface area contributed by atoms with E-state index in [1.54, 1.807) is 14.2 Å². The van der Waals surface area contributed by atoms with Crippen LogP contribution in [-0.2, 0) is 11.2 Å². The fourth-order valence-corrected chi connectivity index (χ4v) is 3.86. The van der Waals surface area contributed by atoms with Crippen molar-refractivity contribution >= 4 is 28.6 Å². The Bertz CT molecular complexity index is 1020. The molecule has 1 aromatic heterocycles. The zero-order valence-electron chi connectivity index (χ0n) is 17.8. The highest BCUT2D eigenvalue weighted by Gasteiger charge is 2.12. The zero-order valence-corrected chi connectivity index (χ0v) is 18.6. The number of para-hydroxylation sites is 1. The SMILES string of the molecule is COc1ccc(CCNC(=O)CSc2nc(C(C)C)nc3ccccc23)cc1OC. The molecule has 0 unspecified atom stereocenters. The van der Waals surface area contributed by atoms with Gasteiger partial charge >= 0.3 is 0 Å². The van der Waals surface area contributed by atoms with Crippen LogP contribution in [0.3, 0.4) is 0 Å². The molecule has 2 aromatic carbocycles. The van der Waals surface area contributed by atoms with Crippen LogP contribution in [0.2, 0.25) is 0 Å². The van der Waals surface area contributed by atoms with Crippen LogP contribution in [-0.4, -0.2) is 42.4 Å². The maximum atomic E-state index is 12.4. The van der Waals surface area contributed by atoms with Crippen molar-refractivity contribution in [1.82, 2.24) is 15.3 Å². The highest BCUT2D eigenvalue weighted by Crippen LogP contribution is 2.28. The second-order valence-electron chi connectivity index (χ2n) is 7.14. The number of benzene rings is 2. The molecule has 6 nitrogen and oxygen atoms in total. The highest BCUT2D eigenvalue weighted by atomic mass is 32.2. The third-order valence-electron chi connectivity index (χ3n) is 4.63. The molecule has 0 saturated carbocycles. The summed E-state index contributed by atoms with van der Waals surface area (Å²) in [4.78, 5) is 21.7. The molecule has 0 bridgehead atoms. The lowest BCUT2D eigenvalue weighted by atomic mass is 10.1. The van der Waals surface area contributed by atoms with Crippen LogP contribution in [0, 0.1) is 0 Å². The molecule has 30 heavy (non-hydrogen) atoms. The molecule has 3 rings (SSSR count). The number of carbonyl (C=O) groups excluding carboxylic acids is 1. The number of hydrogen-bond acceptors (Lipinski definition) is 6. The Balaban J connectivity index is 1.57. The summed E-state index contributed by atoms with van der Waals surface area (Å²) < 4.78 is 10.6. The first-order valence-corrected chi connectivity index (χ1v) is 10.9. The Labute approximate surface area is 181 Å². The average molecular weight is 426 g/mol. The second kappa shape index (κ2) is 10.3. The molecule has 158 valence electrons. The lowest BCUT2D eigenvalue weighted by Crippen LogP contribution is -2.27. The van der Waals surface area contributed by atoms with Gasteiger partial charge in [0, 0.05) is 17.8 Å². The predicted octanol–water partition coefficient (Wildman–Crippen LogP) is 4.22. The quantitative estimate of drug-likeness (QED) is 0.409. The fraction of sp³-hybridized carbons (Fsp3) is 0.348. The number of amides is 1. The zero-order chi connectivity index (χ0) is 21.5. The van der Waals surface area contributed by atoms with Crippen LogP contribution in [0.25, 0.3) is 10.9 Å². The Morgan fingerprint density at radius 3 is 2.57 bits per heavy atom. The number of rotatable bonds is 9. The molecule has 1 heterocycles. The van der Waals surface area contributed by atoms with Gasteiger partial charge in [0.05, 0.1) is 25.5 Å². The first kappa shape index (κ1) is 21.9. The summed E-state index contributed by atoms with van der Waals surface area (Å²) in [5.74, 6) is 2.70. The number of carbonyl (C=O) groups is 1. The van der Waals surface area contributed by atoms with Gasteiger partial charge in [0.2, 0.25) is 5.91 Å². The molecule has 0 aliphatic rings. The van der Waals surface area contributed by atoms with Crippen LogP contribution in [0.1, 0.15) is 31.2 Å². The maximum absolute atomic E-state index is 12.4. The number of nitrogens with one attached hydrogen (secondary N) is 1. The maximum Gasteiger partial charge on any atom is 0.230 e. The van der Waals surface area contributed by atoms with Crippen LogP contribution in [0.5, 0.6) is 11.5 Å². The summed E-state index contributed by atoms with van der Waals surface area (Å²) in [5, 5.41) is 4.80. The predicted molar refractivity (Wildman–Crippen MR) is 121 cm³/mol. The van der Waals surface area contributed by atoms with Gasteiger partial charge in [0.25, 0.3) is 0 Å². The molecular weight excluding hydrogens is 398 g/mol. The van der Waals surface area contributed by atoms with Crippen LogP contribution < -0.4 is 14.8 Å². The van der Waals surface area contributed by atoms with Crippen LogP contribution in [0.15, 0.2) is 47.5 Å². The van der Waals surface area contributed by atoms with E-state index in [1.807, 2.05) is 42.5 Å². The van der Waals surface area contributed by atoms with Crippen molar-refractivity contribution in [3.05, 3.63) is 53.9 Å². The standard InChI is InChI=1S/C23H27N3O3S/c1-15(2)22-25-18-8-6-5-7-17(18)23(26-22)30-14-21(27)24-12-11-16-9-10-19(28-3)20(13-16)29-4/h5-10,13,15H,11-12,14H2,1-4H3,(H,24,27). The number of hydrogen-bond donors (Lipinski definition) is 1. The Morgan fingerprint density at radius 1 is 1.07 bits per heavy atom. The van der Waals surface area contributed by atoms with Crippen molar-refractivity contribution in [3.63, 3.8) is 0 Å². The number of thioether (sulfide) groups is 1. The summed E-state index contributed by atoms with van der Waals surface area (Å²) in [6, 6.07) is 13.7. The van der Waals surface area contributed by atoms with E-state index in [0.717, 1.165) is 27.3 Å². The van der Waals surface area contributed by atoms with Gasteiger partial charge in [-0.15, -0.1) is 0 Å². The summed E-state index contributed by atoms with van der Waals surface area (Å²) >= 11 is 1.45. The molecule has 0 aliphatic carbocycles. The molecule has 7 heteroatoms. The van der Waals surface area contributed by atoms with Gasteiger partial charge in [-0.3, -0.25) is 4.79 Å². The van der Waals surface area contributed by atoms with E-state index >= 15 is 0 Å². The Morgan fingerprint density at radius 2 is 1.83 bits per heavy atom. The molecule has 3 aromatic rings. The van der Waals surface area contributed by atoms with Gasteiger partial charge in [0.1, 0.15) is 10.9 Å². The van der Waals surface area contributed by atoms with Gasteiger partial charge in [-0.05, 0) is 30.2 Å². The van der Waals surface area contributed by atoms with Crippen molar-refractivity contribution in [2.45, 2.75) is 31.2 Å². The molecule has 0 spiro atoms. The van der Waals surface area contributed by atoms with Crippen molar-refractivity contribution in [1.29, 1.82) is 0 Å². The minimum atomic E-state index is -0.0192. The normalized spacial score (nSPS) is 11.0. The van der Waals surface area contributed by atoms with E-state index in [9.17, 15) is 4.79 Å². The number of nitrogens with zero attached hydrogens (tertiary/aromatic N) is 2. The largest absolute Gasteiger partial charge is 0.493 e. The molecule has 1 N–H and O–H groups in total. The van der Waals surface area contributed by atoms with Gasteiger partial charge in [0.15, 0.2) is 11.5 Å². The minimum Gasteiger partial charge on any atom is -0.493 e. The van der Waals surface area contributed by atoms with Crippen molar-refractivity contribution in [3.8, 4) is 11.5 Å². The minimum absolute atomic E-state index is 0.0192. The molecule has 0 radical (unpaired) electrons. The summed E-state index contributed by atoms with van der Waals surface area (Å²) in [6.07, 6.45) is 0.713. The molecule has 0 aliphatic heterocycles. The Kier molecular flexibility index (Phi) is 7.52. The van der Waals surface area contributed by atoms with E-state index in [1.165, 1.54) is 11.8 Å². The van der Waals surface area contributed by atoms with E-state index in [2.05, 4.69) is 29.1 Å². The lowest BCUT2D eigenvalue weighted by Gasteiger charge is -2.11. The highest BCUT2D eigenvalue weighted by molar-refractivity contribution is 8.00. The average Bonchev–Trinajstić information content (AvgIpc) is 2.77. The number of ether oxygens (including phenoxy) is 2. The van der Waals surface area contributed by atoms with Gasteiger partial charge in [-0.1, -0.05) is 49.9 Å². The first-order chi connectivity index (χ1) is 14.5. The molecule has 0 saturated heterocycles. The summed E-state index contributed by atoms with van der Waals surface area (Å²) in [7, 11) is 3.22. The van der Waals surface area contributed by atoms with Crippen LogP contribution in [0.4, 0.5) is 0 Å². The van der Waals surface area contributed by atoms with Crippen LogP contribution >= 0.6 is 11.8 Å². The van der Waals surface area contributed by atoms with Gasteiger partial charge < -0.3 is 14.8 Å². The molecule has 0 atom stereocenters. The van der Waals surface area contributed by atoms with Crippen molar-refractivity contribution < 1.29 is 14.3 Å². The first-order valence-electron chi connectivity index (χ1n) is 9.89. The Hall–Kier alpha value is -2.80. The monoisotopic (exact) mass is 425 g/mol. The number of methoxy groups -OCH3 is 2. The third kappa shape index (κ3) is 5.42. The smallest absolute Gasteiger partial charge is 0.230 e. The molecule has 1 amide bonds. The van der Waals surface area contributed by atoms with Crippen molar-refractivity contribution in [2.75, 3.05) is 26.5 Å².